The van der Waals surface area contributed by atoms with Gasteiger partial charge in [0.15, 0.2) is 5.82 Å². The first kappa shape index (κ1) is 21.0. The Bertz CT molecular complexity index is 973. The van der Waals surface area contributed by atoms with Crippen molar-refractivity contribution in [2.75, 3.05) is 11.9 Å². The fourth-order valence-corrected chi connectivity index (χ4v) is 3.95. The lowest BCUT2D eigenvalue weighted by Crippen LogP contribution is -2.42. The number of thiophene rings is 1. The molecule has 2 aromatic heterocycles. The standard InChI is InChI=1S/C19H20N6O2S.ClH/c20-11-16-22-17(24-23-16)12-5-7-13(8-6-12)21-18(26)14-3-1-9-25(14)19(27)15-4-2-10-28-15;/h2,4-8,10,14H,1,3,9,11,20H2,(H,21,26)(H,22,23,24);1H. The molecule has 8 nitrogen and oxygen atoms in total. The highest BCUT2D eigenvalue weighted by Gasteiger charge is 2.34. The Morgan fingerprint density at radius 2 is 2.07 bits per heavy atom. The Morgan fingerprint density at radius 1 is 1.28 bits per heavy atom. The van der Waals surface area contributed by atoms with Gasteiger partial charge in [-0.25, -0.2) is 4.98 Å². The SMILES string of the molecule is Cl.NCc1nc(-c2ccc(NC(=O)C3CCCN3C(=O)c3cccs3)cc2)n[nH]1. The largest absolute Gasteiger partial charge is 0.326 e. The molecule has 29 heavy (non-hydrogen) atoms. The highest BCUT2D eigenvalue weighted by atomic mass is 35.5. The third-order valence-electron chi connectivity index (χ3n) is 4.68. The van der Waals surface area contributed by atoms with E-state index in [-0.39, 0.29) is 24.2 Å². The number of H-pyrrole nitrogens is 1. The number of nitrogens with two attached hydrogens (primary N) is 1. The summed E-state index contributed by atoms with van der Waals surface area (Å²) in [7, 11) is 0. The van der Waals surface area contributed by atoms with Crippen LogP contribution in [0, 0.1) is 0 Å². The van der Waals surface area contributed by atoms with Gasteiger partial charge in [0.2, 0.25) is 5.91 Å². The van der Waals surface area contributed by atoms with Gasteiger partial charge in [0.25, 0.3) is 5.91 Å². The minimum atomic E-state index is -0.450. The molecule has 4 N–H and O–H groups in total. The molecule has 1 aromatic carbocycles. The Morgan fingerprint density at radius 3 is 2.72 bits per heavy atom. The quantitative estimate of drug-likeness (QED) is 0.573. The van der Waals surface area contributed by atoms with Crippen LogP contribution in [0.25, 0.3) is 11.4 Å². The maximum absolute atomic E-state index is 12.8. The van der Waals surface area contributed by atoms with Crippen LogP contribution >= 0.6 is 23.7 Å². The summed E-state index contributed by atoms with van der Waals surface area (Å²) in [4.78, 5) is 32.0. The number of carbonyl (C=O) groups is 2. The number of aromatic amines is 1. The number of anilines is 1. The fraction of sp³-hybridized carbons (Fsp3) is 0.263. The molecule has 0 saturated carbocycles. The molecule has 1 saturated heterocycles. The first-order valence-electron chi connectivity index (χ1n) is 9.03. The van der Waals surface area contributed by atoms with Crippen LogP contribution in [0.5, 0.6) is 0 Å². The van der Waals surface area contributed by atoms with Crippen LogP contribution in [0.1, 0.15) is 28.3 Å². The van der Waals surface area contributed by atoms with Gasteiger partial charge in [-0.1, -0.05) is 6.07 Å². The fourth-order valence-electron chi connectivity index (χ4n) is 3.27. The number of nitrogens with one attached hydrogen (secondary N) is 2. The highest BCUT2D eigenvalue weighted by molar-refractivity contribution is 7.12. The summed E-state index contributed by atoms with van der Waals surface area (Å²) >= 11 is 1.39. The Balaban J connectivity index is 0.00000240. The van der Waals surface area contributed by atoms with E-state index in [1.807, 2.05) is 23.6 Å². The van der Waals surface area contributed by atoms with Crippen LogP contribution in [0.15, 0.2) is 41.8 Å². The van der Waals surface area contributed by atoms with Gasteiger partial charge in [-0.3, -0.25) is 14.7 Å². The predicted molar refractivity (Wildman–Crippen MR) is 114 cm³/mol. The van der Waals surface area contributed by atoms with Crippen molar-refractivity contribution in [1.29, 1.82) is 0 Å². The number of rotatable bonds is 5. The van der Waals surface area contributed by atoms with Gasteiger partial charge in [-0.15, -0.1) is 23.7 Å². The number of nitrogens with zero attached hydrogens (tertiary/aromatic N) is 3. The zero-order valence-corrected chi connectivity index (χ0v) is 17.1. The average Bonchev–Trinajstić information content (AvgIpc) is 3.49. The maximum atomic E-state index is 12.8. The molecule has 3 aromatic rings. The van der Waals surface area contributed by atoms with Crippen LogP contribution in [0.2, 0.25) is 0 Å². The van der Waals surface area contributed by atoms with Crippen molar-refractivity contribution < 1.29 is 9.59 Å². The number of hydrogen-bond donors (Lipinski definition) is 3. The molecule has 0 radical (unpaired) electrons. The molecule has 2 amide bonds. The van der Waals surface area contributed by atoms with Crippen LogP contribution in [0.3, 0.4) is 0 Å². The number of halogens is 1. The maximum Gasteiger partial charge on any atom is 0.264 e. The second-order valence-electron chi connectivity index (χ2n) is 6.51. The van der Waals surface area contributed by atoms with Gasteiger partial charge >= 0.3 is 0 Å². The monoisotopic (exact) mass is 432 g/mol. The number of amides is 2. The molecule has 10 heteroatoms. The van der Waals surface area contributed by atoms with Crippen molar-refractivity contribution >= 4 is 41.2 Å². The van der Waals surface area contributed by atoms with Gasteiger partial charge in [0, 0.05) is 17.8 Å². The normalized spacial score (nSPS) is 15.8. The topological polar surface area (TPSA) is 117 Å². The van der Waals surface area contributed by atoms with Gasteiger partial charge in [0.05, 0.1) is 11.4 Å². The van der Waals surface area contributed by atoms with E-state index in [9.17, 15) is 9.59 Å². The first-order chi connectivity index (χ1) is 13.7. The van der Waals surface area contributed by atoms with Crippen molar-refractivity contribution in [2.24, 2.45) is 5.73 Å². The van der Waals surface area contributed by atoms with Crippen molar-refractivity contribution in [3.63, 3.8) is 0 Å². The molecular weight excluding hydrogens is 412 g/mol. The van der Waals surface area contributed by atoms with Crippen molar-refractivity contribution in [2.45, 2.75) is 25.4 Å². The lowest BCUT2D eigenvalue weighted by molar-refractivity contribution is -0.119. The average molecular weight is 433 g/mol. The Labute approximate surface area is 177 Å². The Hall–Kier alpha value is -2.75. The van der Waals surface area contributed by atoms with Crippen molar-refractivity contribution in [3.8, 4) is 11.4 Å². The van der Waals surface area contributed by atoms with E-state index in [1.165, 1.54) is 11.3 Å². The van der Waals surface area contributed by atoms with Gasteiger partial charge in [-0.05, 0) is 48.6 Å². The summed E-state index contributed by atoms with van der Waals surface area (Å²) in [5, 5.41) is 11.7. The lowest BCUT2D eigenvalue weighted by atomic mass is 10.1. The summed E-state index contributed by atoms with van der Waals surface area (Å²) in [6.07, 6.45) is 1.49. The molecule has 1 atom stereocenters. The number of likely N-dealkylation sites (tertiary alicyclic amines) is 1. The molecular formula is C19H21ClN6O2S. The van der Waals surface area contributed by atoms with E-state index >= 15 is 0 Å². The summed E-state index contributed by atoms with van der Waals surface area (Å²) in [5.74, 6) is 0.924. The molecule has 1 unspecified atom stereocenters. The van der Waals surface area contributed by atoms with E-state index in [1.54, 1.807) is 23.1 Å². The zero-order valence-electron chi connectivity index (χ0n) is 15.5. The van der Waals surface area contributed by atoms with Gasteiger partial charge in [-0.2, -0.15) is 5.10 Å². The minimum absolute atomic E-state index is 0. The number of aromatic nitrogens is 3. The van der Waals surface area contributed by atoms with Crippen LogP contribution in [-0.2, 0) is 11.3 Å². The molecule has 1 aliphatic rings. The lowest BCUT2D eigenvalue weighted by Gasteiger charge is -2.23. The second-order valence-corrected chi connectivity index (χ2v) is 7.46. The van der Waals surface area contributed by atoms with E-state index < -0.39 is 6.04 Å². The van der Waals surface area contributed by atoms with Crippen LogP contribution < -0.4 is 11.1 Å². The number of hydrogen-bond acceptors (Lipinski definition) is 6. The summed E-state index contributed by atoms with van der Waals surface area (Å²) in [5.41, 5.74) is 7.02. The van der Waals surface area contributed by atoms with E-state index in [0.717, 1.165) is 12.0 Å². The third-order valence-corrected chi connectivity index (χ3v) is 5.54. The van der Waals surface area contributed by atoms with Crippen LogP contribution in [-0.4, -0.2) is 44.5 Å². The number of carbonyl (C=O) groups excluding carboxylic acids is 2. The Kier molecular flexibility index (Phi) is 6.63. The van der Waals surface area contributed by atoms with Crippen LogP contribution in [0.4, 0.5) is 5.69 Å². The molecule has 0 spiro atoms. The molecule has 152 valence electrons. The molecule has 0 aliphatic carbocycles. The number of benzene rings is 1. The van der Waals surface area contributed by atoms with Gasteiger partial charge < -0.3 is 16.0 Å². The first-order valence-corrected chi connectivity index (χ1v) is 9.91. The molecule has 1 aliphatic heterocycles. The van der Waals surface area contributed by atoms with Gasteiger partial charge in [0.1, 0.15) is 11.9 Å². The molecule has 1 fully saturated rings. The summed E-state index contributed by atoms with van der Waals surface area (Å²) < 4.78 is 0. The summed E-state index contributed by atoms with van der Waals surface area (Å²) in [6, 6.07) is 10.4. The predicted octanol–water partition coefficient (Wildman–Crippen LogP) is 2.66. The van der Waals surface area contributed by atoms with Crippen molar-refractivity contribution in [3.05, 3.63) is 52.5 Å². The van der Waals surface area contributed by atoms with E-state index in [4.69, 9.17) is 5.73 Å². The summed E-state index contributed by atoms with van der Waals surface area (Å²) in [6.45, 7) is 0.894. The van der Waals surface area contributed by atoms with E-state index in [0.29, 0.717) is 41.7 Å². The molecule has 0 bridgehead atoms. The highest BCUT2D eigenvalue weighted by Crippen LogP contribution is 2.24. The molecule has 3 heterocycles. The van der Waals surface area contributed by atoms with Crippen molar-refractivity contribution in [1.82, 2.24) is 20.1 Å². The van der Waals surface area contributed by atoms with E-state index in [2.05, 4.69) is 20.5 Å². The second kappa shape index (κ2) is 9.17. The third kappa shape index (κ3) is 4.47. The minimum Gasteiger partial charge on any atom is -0.326 e. The zero-order chi connectivity index (χ0) is 19.5. The smallest absolute Gasteiger partial charge is 0.264 e. The molecule has 4 rings (SSSR count).